The molecule has 1 N–H and O–H groups in total. The highest BCUT2D eigenvalue weighted by Gasteiger charge is 2.36. The second kappa shape index (κ2) is 10.9. The number of nitrogens with one attached hydrogen (secondary N) is 1. The average Bonchev–Trinajstić information content (AvgIpc) is 3.15. The molecule has 0 aromatic heterocycles. The molecule has 1 aliphatic heterocycles. The molecule has 3 amide bonds. The molecule has 0 saturated carbocycles. The van der Waals surface area contributed by atoms with Crippen LogP contribution in [0.5, 0.6) is 5.75 Å². The summed E-state index contributed by atoms with van der Waals surface area (Å²) in [6.45, 7) is 3.88. The number of benzene rings is 4. The van der Waals surface area contributed by atoms with Crippen molar-refractivity contribution in [3.63, 3.8) is 0 Å². The molecule has 0 bridgehead atoms. The van der Waals surface area contributed by atoms with Gasteiger partial charge in [-0.15, -0.1) is 0 Å². The quantitative estimate of drug-likeness (QED) is 0.273. The van der Waals surface area contributed by atoms with Crippen LogP contribution in [0.2, 0.25) is 0 Å². The summed E-state index contributed by atoms with van der Waals surface area (Å²) in [6, 6.07) is 27.1. The van der Waals surface area contributed by atoms with E-state index in [0.717, 1.165) is 44.1 Å². The second-order valence-electron chi connectivity index (χ2n) is 9.17. The van der Waals surface area contributed by atoms with Crippen molar-refractivity contribution in [2.24, 2.45) is 0 Å². The zero-order chi connectivity index (χ0) is 26.6. The van der Waals surface area contributed by atoms with E-state index >= 15 is 0 Å². The fraction of sp³-hybridized carbons (Fsp3) is 0.129. The van der Waals surface area contributed by atoms with Crippen LogP contribution in [0.3, 0.4) is 0 Å². The van der Waals surface area contributed by atoms with Crippen LogP contribution >= 0.6 is 11.8 Å². The number of aryl methyl sites for hydroxylation is 2. The molecule has 1 saturated heterocycles. The lowest BCUT2D eigenvalue weighted by atomic mass is 10.0. The maximum absolute atomic E-state index is 13.2. The lowest BCUT2D eigenvalue weighted by Crippen LogP contribution is -2.36. The Morgan fingerprint density at radius 3 is 2.39 bits per heavy atom. The number of hydrogen-bond acceptors (Lipinski definition) is 5. The van der Waals surface area contributed by atoms with Crippen molar-refractivity contribution in [1.29, 1.82) is 0 Å². The van der Waals surface area contributed by atoms with Crippen LogP contribution in [0.25, 0.3) is 16.8 Å². The molecule has 0 unspecified atom stereocenters. The highest BCUT2D eigenvalue weighted by atomic mass is 32.2. The van der Waals surface area contributed by atoms with Crippen molar-refractivity contribution in [3.05, 3.63) is 112 Å². The number of hydrogen-bond donors (Lipinski definition) is 1. The van der Waals surface area contributed by atoms with Crippen molar-refractivity contribution < 1.29 is 19.1 Å². The number of thioether (sulfide) groups is 1. The molecule has 4 aromatic carbocycles. The molecule has 1 heterocycles. The smallest absolute Gasteiger partial charge is 0.294 e. The van der Waals surface area contributed by atoms with E-state index in [1.54, 1.807) is 6.08 Å². The number of anilines is 1. The van der Waals surface area contributed by atoms with Gasteiger partial charge in [0.15, 0.2) is 0 Å². The summed E-state index contributed by atoms with van der Waals surface area (Å²) in [5.41, 5.74) is 4.38. The van der Waals surface area contributed by atoms with Crippen LogP contribution in [0, 0.1) is 13.8 Å². The summed E-state index contributed by atoms with van der Waals surface area (Å²) in [7, 11) is 0. The van der Waals surface area contributed by atoms with Gasteiger partial charge in [0.25, 0.3) is 11.1 Å². The van der Waals surface area contributed by atoms with Crippen molar-refractivity contribution in [3.8, 4) is 5.75 Å². The van der Waals surface area contributed by atoms with Gasteiger partial charge in [0.1, 0.15) is 18.9 Å². The van der Waals surface area contributed by atoms with E-state index in [-0.39, 0.29) is 11.4 Å². The minimum atomic E-state index is -0.502. The first kappa shape index (κ1) is 25.3. The second-order valence-corrected chi connectivity index (χ2v) is 10.2. The van der Waals surface area contributed by atoms with Gasteiger partial charge in [-0.1, -0.05) is 66.7 Å². The van der Waals surface area contributed by atoms with E-state index in [9.17, 15) is 14.4 Å². The van der Waals surface area contributed by atoms with Gasteiger partial charge in [-0.05, 0) is 77.3 Å². The number of carbonyl (C=O) groups excluding carboxylic acids is 3. The molecular formula is C31H26N2O4S. The molecule has 5 rings (SSSR count). The minimum absolute atomic E-state index is 0.245. The molecule has 38 heavy (non-hydrogen) atoms. The van der Waals surface area contributed by atoms with Crippen LogP contribution in [0.15, 0.2) is 89.8 Å². The third kappa shape index (κ3) is 5.63. The standard InChI is InChI=1S/C31H26N2O4S/c1-20-14-21(2)16-24(15-20)32-29(34)18-33-30(35)28(38-31(33)36)17-26-25-11-7-6-10-23(25)12-13-27(26)37-19-22-8-4-3-5-9-22/h3-17H,18-19H2,1-2H3,(H,32,34)/b28-17+. The molecule has 1 aliphatic rings. The Morgan fingerprint density at radius 2 is 1.63 bits per heavy atom. The van der Waals surface area contributed by atoms with Gasteiger partial charge in [-0.25, -0.2) is 0 Å². The molecule has 190 valence electrons. The van der Waals surface area contributed by atoms with Crippen LogP contribution in [0.4, 0.5) is 10.5 Å². The summed E-state index contributed by atoms with van der Waals surface area (Å²) in [5, 5.41) is 4.19. The summed E-state index contributed by atoms with van der Waals surface area (Å²) in [6.07, 6.45) is 1.69. The number of fused-ring (bicyclic) bond motifs is 1. The number of imide groups is 1. The molecular weight excluding hydrogens is 496 g/mol. The summed E-state index contributed by atoms with van der Waals surface area (Å²) in [4.78, 5) is 39.9. The monoisotopic (exact) mass is 522 g/mol. The third-order valence-corrected chi connectivity index (χ3v) is 7.03. The predicted molar refractivity (Wildman–Crippen MR) is 152 cm³/mol. The van der Waals surface area contributed by atoms with Crippen LogP contribution in [0.1, 0.15) is 22.3 Å². The maximum atomic E-state index is 13.2. The van der Waals surface area contributed by atoms with Crippen LogP contribution in [-0.4, -0.2) is 28.5 Å². The van der Waals surface area contributed by atoms with Gasteiger partial charge in [0.05, 0.1) is 4.91 Å². The molecule has 0 radical (unpaired) electrons. The zero-order valence-corrected chi connectivity index (χ0v) is 21.9. The van der Waals surface area contributed by atoms with E-state index in [4.69, 9.17) is 4.74 Å². The highest BCUT2D eigenvalue weighted by Crippen LogP contribution is 2.37. The van der Waals surface area contributed by atoms with E-state index in [2.05, 4.69) is 5.32 Å². The van der Waals surface area contributed by atoms with E-state index in [1.165, 1.54) is 0 Å². The number of rotatable bonds is 7. The van der Waals surface area contributed by atoms with Crippen molar-refractivity contribution >= 4 is 51.4 Å². The first-order valence-corrected chi connectivity index (χ1v) is 13.0. The SMILES string of the molecule is Cc1cc(C)cc(NC(=O)CN2C(=O)S/C(=C/c3c(OCc4ccccc4)ccc4ccccc34)C2=O)c1. The Bertz CT molecular complexity index is 1560. The van der Waals surface area contributed by atoms with Crippen molar-refractivity contribution in [2.45, 2.75) is 20.5 Å². The topological polar surface area (TPSA) is 75.7 Å². The van der Waals surface area contributed by atoms with Gasteiger partial charge in [-0.2, -0.15) is 0 Å². The normalized spacial score (nSPS) is 14.4. The lowest BCUT2D eigenvalue weighted by molar-refractivity contribution is -0.127. The minimum Gasteiger partial charge on any atom is -0.488 e. The van der Waals surface area contributed by atoms with Gasteiger partial charge < -0.3 is 10.1 Å². The zero-order valence-electron chi connectivity index (χ0n) is 21.1. The molecule has 0 atom stereocenters. The Hall–Kier alpha value is -4.36. The Kier molecular flexibility index (Phi) is 7.29. The van der Waals surface area contributed by atoms with Crippen LogP contribution in [-0.2, 0) is 16.2 Å². The Morgan fingerprint density at radius 1 is 0.921 bits per heavy atom. The summed E-state index contributed by atoms with van der Waals surface area (Å²) < 4.78 is 6.15. The van der Waals surface area contributed by atoms with Crippen molar-refractivity contribution in [2.75, 3.05) is 11.9 Å². The third-order valence-electron chi connectivity index (χ3n) is 6.12. The number of amides is 3. The first-order chi connectivity index (χ1) is 18.4. The molecule has 7 heteroatoms. The summed E-state index contributed by atoms with van der Waals surface area (Å²) in [5.74, 6) is -0.333. The number of nitrogens with zero attached hydrogens (tertiary/aromatic N) is 1. The Labute approximate surface area is 225 Å². The lowest BCUT2D eigenvalue weighted by Gasteiger charge is -2.14. The largest absolute Gasteiger partial charge is 0.488 e. The number of carbonyl (C=O) groups is 3. The van der Waals surface area contributed by atoms with Gasteiger partial charge in [-0.3, -0.25) is 19.3 Å². The molecule has 0 aliphatic carbocycles. The van der Waals surface area contributed by atoms with Crippen molar-refractivity contribution in [1.82, 2.24) is 4.90 Å². The van der Waals surface area contributed by atoms with Gasteiger partial charge >= 0.3 is 0 Å². The van der Waals surface area contributed by atoms with Crippen LogP contribution < -0.4 is 10.1 Å². The van der Waals surface area contributed by atoms with E-state index in [0.29, 0.717) is 23.6 Å². The predicted octanol–water partition coefficient (Wildman–Crippen LogP) is 6.71. The highest BCUT2D eigenvalue weighted by molar-refractivity contribution is 8.18. The fourth-order valence-corrected chi connectivity index (χ4v) is 5.26. The van der Waals surface area contributed by atoms with E-state index < -0.39 is 17.1 Å². The molecule has 0 spiro atoms. The molecule has 1 fully saturated rings. The van der Waals surface area contributed by atoms with E-state index in [1.807, 2.05) is 98.8 Å². The average molecular weight is 523 g/mol. The van der Waals surface area contributed by atoms with Gasteiger partial charge in [0.2, 0.25) is 5.91 Å². The fourth-order valence-electron chi connectivity index (χ4n) is 4.44. The first-order valence-electron chi connectivity index (χ1n) is 12.2. The molecule has 6 nitrogen and oxygen atoms in total. The molecule has 4 aromatic rings. The van der Waals surface area contributed by atoms with Gasteiger partial charge in [0, 0.05) is 11.3 Å². The maximum Gasteiger partial charge on any atom is 0.294 e. The Balaban J connectivity index is 1.39. The summed E-state index contributed by atoms with van der Waals surface area (Å²) >= 11 is 0.825. The number of ether oxygens (including phenoxy) is 1.